The Balaban J connectivity index is 4.34. The van der Waals surface area contributed by atoms with Crippen LogP contribution < -0.4 is 0 Å². The monoisotopic (exact) mass is 173 g/mol. The molecule has 0 heterocycles. The first-order chi connectivity index (χ1) is 5.38. The van der Waals surface area contributed by atoms with Gasteiger partial charge in [0.1, 0.15) is 5.67 Å². The summed E-state index contributed by atoms with van der Waals surface area (Å²) in [5.74, 6) is 0.335. The first-order valence-electron chi connectivity index (χ1n) is 4.13. The van der Waals surface area contributed by atoms with Crippen LogP contribution in [0.25, 0.3) is 0 Å². The van der Waals surface area contributed by atoms with Gasteiger partial charge in [0.2, 0.25) is 6.08 Å². The summed E-state index contributed by atoms with van der Waals surface area (Å²) in [6, 6.07) is -0.560. The maximum Gasteiger partial charge on any atom is 0.235 e. The molecule has 0 aliphatic heterocycles. The highest BCUT2D eigenvalue weighted by molar-refractivity contribution is 5.34. The van der Waals surface area contributed by atoms with Crippen LogP contribution in [0, 0.1) is 5.92 Å². The fourth-order valence-corrected chi connectivity index (χ4v) is 0.997. The normalized spacial score (nSPS) is 14.2. The molecule has 12 heavy (non-hydrogen) atoms. The summed E-state index contributed by atoms with van der Waals surface area (Å²) in [5.41, 5.74) is -1.43. The van der Waals surface area contributed by atoms with Crippen molar-refractivity contribution in [1.82, 2.24) is 0 Å². The summed E-state index contributed by atoms with van der Waals surface area (Å²) < 4.78 is 13.3. The Kier molecular flexibility index (Phi) is 4.11. The van der Waals surface area contributed by atoms with E-state index in [1.165, 1.54) is 19.9 Å². The lowest BCUT2D eigenvalue weighted by molar-refractivity contribution is 0.159. The molecule has 0 rings (SSSR count). The predicted molar refractivity (Wildman–Crippen MR) is 46.6 cm³/mol. The molecular formula is C9H16FNO. The van der Waals surface area contributed by atoms with Gasteiger partial charge in [0.05, 0.1) is 6.04 Å². The third-order valence-electron chi connectivity index (χ3n) is 1.70. The van der Waals surface area contributed by atoms with Crippen molar-refractivity contribution in [1.29, 1.82) is 0 Å². The Morgan fingerprint density at radius 2 is 2.00 bits per heavy atom. The van der Waals surface area contributed by atoms with E-state index in [1.54, 1.807) is 0 Å². The second kappa shape index (κ2) is 4.36. The number of aliphatic imine (C=N–C) groups is 1. The van der Waals surface area contributed by atoms with E-state index < -0.39 is 11.7 Å². The van der Waals surface area contributed by atoms with Crippen LogP contribution in [0.4, 0.5) is 4.39 Å². The lowest BCUT2D eigenvalue weighted by Crippen LogP contribution is -2.31. The number of nitrogens with zero attached hydrogens (tertiary/aromatic N) is 1. The molecule has 0 amide bonds. The number of rotatable bonds is 4. The Morgan fingerprint density at radius 3 is 2.25 bits per heavy atom. The van der Waals surface area contributed by atoms with Crippen LogP contribution in [0.15, 0.2) is 4.99 Å². The molecule has 0 radical (unpaired) electrons. The van der Waals surface area contributed by atoms with E-state index in [0.29, 0.717) is 12.3 Å². The molecule has 0 spiro atoms. The van der Waals surface area contributed by atoms with E-state index in [4.69, 9.17) is 0 Å². The Morgan fingerprint density at radius 1 is 1.50 bits per heavy atom. The standard InChI is InChI=1S/C9H16FNO/c1-7(2)5-8(11-6-12)9(3,4)10/h7-8H,5H2,1-4H3. The third-order valence-corrected chi connectivity index (χ3v) is 1.70. The molecule has 1 atom stereocenters. The zero-order valence-corrected chi connectivity index (χ0v) is 8.10. The first-order valence-corrected chi connectivity index (χ1v) is 4.13. The van der Waals surface area contributed by atoms with Gasteiger partial charge in [0.15, 0.2) is 0 Å². The van der Waals surface area contributed by atoms with Gasteiger partial charge in [-0.15, -0.1) is 0 Å². The summed E-state index contributed by atoms with van der Waals surface area (Å²) in [6.07, 6.45) is 2.00. The smallest absolute Gasteiger partial charge is 0.235 e. The van der Waals surface area contributed by atoms with Gasteiger partial charge in [0, 0.05) is 0 Å². The zero-order chi connectivity index (χ0) is 9.78. The second-order valence-electron chi connectivity index (χ2n) is 3.93. The highest BCUT2D eigenvalue weighted by Gasteiger charge is 2.29. The van der Waals surface area contributed by atoms with Gasteiger partial charge in [-0.05, 0) is 26.2 Å². The number of hydrogen-bond donors (Lipinski definition) is 0. The number of hydrogen-bond acceptors (Lipinski definition) is 2. The molecule has 70 valence electrons. The Labute approximate surface area is 72.9 Å². The molecule has 0 saturated carbocycles. The molecular weight excluding hydrogens is 157 g/mol. The summed E-state index contributed by atoms with van der Waals surface area (Å²) in [6.45, 7) is 6.81. The van der Waals surface area contributed by atoms with Gasteiger partial charge >= 0.3 is 0 Å². The van der Waals surface area contributed by atoms with Crippen LogP contribution in [0.3, 0.4) is 0 Å². The number of carbonyl (C=O) groups excluding carboxylic acids is 1. The molecule has 0 N–H and O–H groups in total. The lowest BCUT2D eigenvalue weighted by Gasteiger charge is -2.23. The first kappa shape index (κ1) is 11.3. The van der Waals surface area contributed by atoms with E-state index in [-0.39, 0.29) is 0 Å². The molecule has 0 fully saturated rings. The Hall–Kier alpha value is -0.690. The summed E-state index contributed by atoms with van der Waals surface area (Å²) >= 11 is 0. The number of halogens is 1. The highest BCUT2D eigenvalue weighted by atomic mass is 19.1. The molecule has 0 saturated heterocycles. The second-order valence-corrected chi connectivity index (χ2v) is 3.93. The molecule has 1 unspecified atom stereocenters. The minimum Gasteiger partial charge on any atom is -0.242 e. The molecule has 0 aromatic rings. The molecule has 0 bridgehead atoms. The van der Waals surface area contributed by atoms with Gasteiger partial charge in [0.25, 0.3) is 0 Å². The van der Waals surface area contributed by atoms with Crippen molar-refractivity contribution in [3.63, 3.8) is 0 Å². The fourth-order valence-electron chi connectivity index (χ4n) is 0.997. The van der Waals surface area contributed by atoms with Crippen LogP contribution in [-0.2, 0) is 4.79 Å². The number of alkyl halides is 1. The van der Waals surface area contributed by atoms with Gasteiger partial charge in [-0.1, -0.05) is 13.8 Å². The molecule has 2 nitrogen and oxygen atoms in total. The van der Waals surface area contributed by atoms with E-state index in [0.717, 1.165) is 0 Å². The van der Waals surface area contributed by atoms with Crippen molar-refractivity contribution in [3.8, 4) is 0 Å². The summed E-state index contributed by atoms with van der Waals surface area (Å²) in [5, 5.41) is 0. The van der Waals surface area contributed by atoms with Crippen molar-refractivity contribution in [2.24, 2.45) is 10.9 Å². The van der Waals surface area contributed by atoms with Gasteiger partial charge < -0.3 is 0 Å². The topological polar surface area (TPSA) is 29.4 Å². The number of isocyanates is 1. The van der Waals surface area contributed by atoms with Crippen molar-refractivity contribution in [3.05, 3.63) is 0 Å². The molecule has 0 aromatic carbocycles. The van der Waals surface area contributed by atoms with Gasteiger partial charge in [-0.25, -0.2) is 9.18 Å². The van der Waals surface area contributed by atoms with E-state index >= 15 is 0 Å². The summed E-state index contributed by atoms with van der Waals surface area (Å²) in [4.78, 5) is 13.4. The predicted octanol–water partition coefficient (Wildman–Crippen LogP) is 2.49. The van der Waals surface area contributed by atoms with Crippen molar-refractivity contribution < 1.29 is 9.18 Å². The van der Waals surface area contributed by atoms with Crippen LogP contribution in [0.5, 0.6) is 0 Å². The summed E-state index contributed by atoms with van der Waals surface area (Å²) in [7, 11) is 0. The lowest BCUT2D eigenvalue weighted by atomic mass is 9.93. The molecule has 0 aliphatic rings. The minimum atomic E-state index is -1.43. The van der Waals surface area contributed by atoms with Crippen LogP contribution in [0.2, 0.25) is 0 Å². The van der Waals surface area contributed by atoms with E-state index in [9.17, 15) is 9.18 Å². The zero-order valence-electron chi connectivity index (χ0n) is 8.10. The largest absolute Gasteiger partial charge is 0.242 e. The van der Waals surface area contributed by atoms with Crippen molar-refractivity contribution in [2.75, 3.05) is 0 Å². The van der Waals surface area contributed by atoms with E-state index in [2.05, 4.69) is 4.99 Å². The SMILES string of the molecule is CC(C)CC(N=C=O)C(C)(C)F. The third kappa shape index (κ3) is 4.24. The Bertz CT molecular complexity index is 177. The van der Waals surface area contributed by atoms with Crippen LogP contribution in [-0.4, -0.2) is 17.8 Å². The molecule has 0 aromatic heterocycles. The van der Waals surface area contributed by atoms with Crippen LogP contribution >= 0.6 is 0 Å². The average molecular weight is 173 g/mol. The molecule has 3 heteroatoms. The minimum absolute atomic E-state index is 0.335. The van der Waals surface area contributed by atoms with Crippen molar-refractivity contribution >= 4 is 6.08 Å². The van der Waals surface area contributed by atoms with Crippen LogP contribution in [0.1, 0.15) is 34.1 Å². The van der Waals surface area contributed by atoms with E-state index in [1.807, 2.05) is 13.8 Å². The quantitative estimate of drug-likeness (QED) is 0.474. The average Bonchev–Trinajstić information content (AvgIpc) is 1.83. The van der Waals surface area contributed by atoms with Gasteiger partial charge in [-0.3, -0.25) is 0 Å². The maximum atomic E-state index is 13.3. The maximum absolute atomic E-state index is 13.3. The van der Waals surface area contributed by atoms with Crippen molar-refractivity contribution in [2.45, 2.75) is 45.8 Å². The fraction of sp³-hybridized carbons (Fsp3) is 0.889. The molecule has 0 aliphatic carbocycles. The highest BCUT2D eigenvalue weighted by Crippen LogP contribution is 2.23. The van der Waals surface area contributed by atoms with Gasteiger partial charge in [-0.2, -0.15) is 4.99 Å².